The summed E-state index contributed by atoms with van der Waals surface area (Å²) in [6, 6.07) is 2.07. The van der Waals surface area contributed by atoms with Gasteiger partial charge in [-0.25, -0.2) is 4.98 Å². The van der Waals surface area contributed by atoms with Crippen molar-refractivity contribution in [1.29, 1.82) is 0 Å². The standard InChI is InChI=1S/C10H15N5/c1-7(11)5-13-9-3-4-12-10-8(9)6-14-15(10)2/h3-4,6-7H,5,11H2,1-2H3,(H,12,13). The van der Waals surface area contributed by atoms with Crippen LogP contribution in [0.1, 0.15) is 6.92 Å². The van der Waals surface area contributed by atoms with E-state index in [0.29, 0.717) is 0 Å². The number of nitrogens with one attached hydrogen (secondary N) is 1. The van der Waals surface area contributed by atoms with Crippen LogP contribution in [0.5, 0.6) is 0 Å². The highest BCUT2D eigenvalue weighted by molar-refractivity contribution is 5.88. The molecule has 0 amide bonds. The van der Waals surface area contributed by atoms with Gasteiger partial charge in [-0.2, -0.15) is 5.10 Å². The van der Waals surface area contributed by atoms with Gasteiger partial charge in [0.25, 0.3) is 0 Å². The van der Waals surface area contributed by atoms with E-state index in [9.17, 15) is 0 Å². The monoisotopic (exact) mass is 205 g/mol. The summed E-state index contributed by atoms with van der Waals surface area (Å²) in [6.07, 6.45) is 3.58. The third-order valence-electron chi connectivity index (χ3n) is 2.25. The Morgan fingerprint density at radius 3 is 3.13 bits per heavy atom. The maximum Gasteiger partial charge on any atom is 0.159 e. The van der Waals surface area contributed by atoms with Crippen LogP contribution in [0, 0.1) is 0 Å². The van der Waals surface area contributed by atoms with Crippen molar-refractivity contribution >= 4 is 16.7 Å². The lowest BCUT2D eigenvalue weighted by Crippen LogP contribution is -2.25. The molecule has 2 aromatic rings. The Hall–Kier alpha value is -1.62. The first-order valence-electron chi connectivity index (χ1n) is 4.94. The summed E-state index contributed by atoms with van der Waals surface area (Å²) < 4.78 is 1.76. The topological polar surface area (TPSA) is 68.8 Å². The molecular weight excluding hydrogens is 190 g/mol. The Morgan fingerprint density at radius 2 is 2.40 bits per heavy atom. The van der Waals surface area contributed by atoms with Gasteiger partial charge in [0.05, 0.1) is 11.6 Å². The minimum Gasteiger partial charge on any atom is -0.383 e. The van der Waals surface area contributed by atoms with Gasteiger partial charge in [-0.15, -0.1) is 0 Å². The predicted octanol–water partition coefficient (Wildman–Crippen LogP) is 0.727. The van der Waals surface area contributed by atoms with E-state index in [-0.39, 0.29) is 6.04 Å². The molecule has 0 radical (unpaired) electrons. The lowest BCUT2D eigenvalue weighted by molar-refractivity contribution is 0.780. The Morgan fingerprint density at radius 1 is 1.60 bits per heavy atom. The SMILES string of the molecule is CC(N)CNc1ccnc2c1cnn2C. The molecule has 0 saturated heterocycles. The van der Waals surface area contributed by atoms with Gasteiger partial charge in [0.15, 0.2) is 5.65 Å². The minimum atomic E-state index is 0.130. The van der Waals surface area contributed by atoms with Crippen molar-refractivity contribution < 1.29 is 0 Å². The van der Waals surface area contributed by atoms with Crippen molar-refractivity contribution in [3.05, 3.63) is 18.5 Å². The zero-order valence-electron chi connectivity index (χ0n) is 8.94. The fourth-order valence-electron chi connectivity index (χ4n) is 1.47. The Labute approximate surface area is 88.3 Å². The van der Waals surface area contributed by atoms with E-state index in [1.54, 1.807) is 10.9 Å². The number of hydrogen-bond donors (Lipinski definition) is 2. The highest BCUT2D eigenvalue weighted by Gasteiger charge is 2.05. The van der Waals surface area contributed by atoms with Crippen molar-refractivity contribution in [1.82, 2.24) is 14.8 Å². The van der Waals surface area contributed by atoms with E-state index < -0.39 is 0 Å². The molecule has 1 unspecified atom stereocenters. The third kappa shape index (κ3) is 1.92. The molecule has 80 valence electrons. The van der Waals surface area contributed by atoms with Gasteiger partial charge in [0.2, 0.25) is 0 Å². The molecule has 1 atom stereocenters. The van der Waals surface area contributed by atoms with Crippen LogP contribution in [0.4, 0.5) is 5.69 Å². The molecule has 0 bridgehead atoms. The van der Waals surface area contributed by atoms with Crippen molar-refractivity contribution in [2.45, 2.75) is 13.0 Å². The van der Waals surface area contributed by atoms with E-state index in [4.69, 9.17) is 5.73 Å². The number of fused-ring (bicyclic) bond motifs is 1. The van der Waals surface area contributed by atoms with E-state index in [1.165, 1.54) is 0 Å². The fraction of sp³-hybridized carbons (Fsp3) is 0.400. The Balaban J connectivity index is 2.34. The van der Waals surface area contributed by atoms with Crippen LogP contribution in [-0.2, 0) is 7.05 Å². The number of hydrogen-bond acceptors (Lipinski definition) is 4. The molecule has 15 heavy (non-hydrogen) atoms. The molecule has 0 fully saturated rings. The third-order valence-corrected chi connectivity index (χ3v) is 2.25. The summed E-state index contributed by atoms with van der Waals surface area (Å²) in [5, 5.41) is 8.48. The average Bonchev–Trinajstić information content (AvgIpc) is 2.58. The van der Waals surface area contributed by atoms with Crippen LogP contribution in [-0.4, -0.2) is 27.4 Å². The average molecular weight is 205 g/mol. The second kappa shape index (κ2) is 3.86. The van der Waals surface area contributed by atoms with Crippen LogP contribution >= 0.6 is 0 Å². The molecule has 3 N–H and O–H groups in total. The first-order chi connectivity index (χ1) is 7.18. The Kier molecular flexibility index (Phi) is 2.55. The zero-order valence-corrected chi connectivity index (χ0v) is 8.94. The van der Waals surface area contributed by atoms with Gasteiger partial charge in [-0.05, 0) is 13.0 Å². The van der Waals surface area contributed by atoms with Crippen molar-refractivity contribution in [3.8, 4) is 0 Å². The lowest BCUT2D eigenvalue weighted by atomic mass is 10.2. The second-order valence-corrected chi connectivity index (χ2v) is 3.72. The maximum absolute atomic E-state index is 5.69. The van der Waals surface area contributed by atoms with E-state index in [0.717, 1.165) is 23.3 Å². The van der Waals surface area contributed by atoms with Gasteiger partial charge in [0, 0.05) is 31.5 Å². The van der Waals surface area contributed by atoms with Gasteiger partial charge < -0.3 is 11.1 Å². The lowest BCUT2D eigenvalue weighted by Gasteiger charge is -2.09. The quantitative estimate of drug-likeness (QED) is 0.775. The molecule has 0 spiro atoms. The molecule has 5 heteroatoms. The molecule has 5 nitrogen and oxygen atoms in total. The van der Waals surface area contributed by atoms with Gasteiger partial charge in [-0.1, -0.05) is 0 Å². The Bertz CT molecular complexity index is 460. The van der Waals surface area contributed by atoms with Crippen molar-refractivity contribution in [3.63, 3.8) is 0 Å². The normalized spacial score (nSPS) is 13.0. The number of anilines is 1. The molecular formula is C10H15N5. The van der Waals surface area contributed by atoms with Crippen LogP contribution in [0.25, 0.3) is 11.0 Å². The van der Waals surface area contributed by atoms with Gasteiger partial charge in [-0.3, -0.25) is 4.68 Å². The molecule has 2 heterocycles. The highest BCUT2D eigenvalue weighted by atomic mass is 15.3. The van der Waals surface area contributed by atoms with Crippen LogP contribution in [0.3, 0.4) is 0 Å². The van der Waals surface area contributed by atoms with Gasteiger partial charge in [0.1, 0.15) is 0 Å². The molecule has 0 aliphatic rings. The summed E-state index contributed by atoms with van der Waals surface area (Å²) in [5.74, 6) is 0. The van der Waals surface area contributed by atoms with Gasteiger partial charge >= 0.3 is 0 Å². The first-order valence-corrected chi connectivity index (χ1v) is 4.94. The molecule has 2 aromatic heterocycles. The predicted molar refractivity (Wildman–Crippen MR) is 60.6 cm³/mol. The summed E-state index contributed by atoms with van der Waals surface area (Å²) in [6.45, 7) is 2.71. The number of nitrogens with zero attached hydrogens (tertiary/aromatic N) is 3. The maximum atomic E-state index is 5.69. The first kappa shape index (κ1) is 9.92. The number of rotatable bonds is 3. The molecule has 0 aromatic carbocycles. The largest absolute Gasteiger partial charge is 0.383 e. The number of pyridine rings is 1. The van der Waals surface area contributed by atoms with Crippen LogP contribution in [0.2, 0.25) is 0 Å². The highest BCUT2D eigenvalue weighted by Crippen LogP contribution is 2.19. The summed E-state index contributed by atoms with van der Waals surface area (Å²) in [4.78, 5) is 4.26. The van der Waals surface area contributed by atoms with E-state index >= 15 is 0 Å². The molecule has 2 rings (SSSR count). The molecule has 0 aliphatic heterocycles. The number of nitrogens with two attached hydrogens (primary N) is 1. The smallest absolute Gasteiger partial charge is 0.159 e. The fourth-order valence-corrected chi connectivity index (χ4v) is 1.47. The number of aryl methyl sites for hydroxylation is 1. The summed E-state index contributed by atoms with van der Waals surface area (Å²) in [7, 11) is 1.88. The van der Waals surface area contributed by atoms with Crippen LogP contribution < -0.4 is 11.1 Å². The van der Waals surface area contributed by atoms with Crippen molar-refractivity contribution in [2.75, 3.05) is 11.9 Å². The molecule has 0 aliphatic carbocycles. The minimum absolute atomic E-state index is 0.130. The zero-order chi connectivity index (χ0) is 10.8. The second-order valence-electron chi connectivity index (χ2n) is 3.72. The van der Waals surface area contributed by atoms with Crippen molar-refractivity contribution in [2.24, 2.45) is 12.8 Å². The summed E-state index contributed by atoms with van der Waals surface area (Å²) >= 11 is 0. The van der Waals surface area contributed by atoms with E-state index in [1.807, 2.05) is 26.2 Å². The van der Waals surface area contributed by atoms with Crippen LogP contribution in [0.15, 0.2) is 18.5 Å². The summed E-state index contributed by atoms with van der Waals surface area (Å²) in [5.41, 5.74) is 7.60. The van der Waals surface area contributed by atoms with E-state index in [2.05, 4.69) is 15.4 Å². The number of aromatic nitrogens is 3. The molecule has 0 saturated carbocycles.